The molecule has 32 heavy (non-hydrogen) atoms. The molecule has 0 saturated carbocycles. The molecule has 0 aliphatic heterocycles. The van der Waals surface area contributed by atoms with Crippen LogP contribution in [0.3, 0.4) is 0 Å². The number of sulfone groups is 1. The molecule has 0 spiro atoms. The third-order valence-electron chi connectivity index (χ3n) is 5.52. The van der Waals surface area contributed by atoms with Crippen LogP contribution in [0.25, 0.3) is 0 Å². The van der Waals surface area contributed by atoms with Crippen LogP contribution in [0.2, 0.25) is 0 Å². The second-order valence-corrected chi connectivity index (χ2v) is 9.68. The fourth-order valence-electron chi connectivity index (χ4n) is 3.79. The van der Waals surface area contributed by atoms with E-state index in [4.69, 9.17) is 0 Å². The predicted octanol–water partition coefficient (Wildman–Crippen LogP) is 4.74. The van der Waals surface area contributed by atoms with Crippen LogP contribution in [0.5, 0.6) is 0 Å². The fraction of sp³-hybridized carbons (Fsp3) is 0.0769. The van der Waals surface area contributed by atoms with E-state index in [0.717, 1.165) is 6.08 Å². The molecule has 0 fully saturated rings. The first-order valence-corrected chi connectivity index (χ1v) is 11.5. The summed E-state index contributed by atoms with van der Waals surface area (Å²) in [5, 5.41) is 10.5. The van der Waals surface area contributed by atoms with Gasteiger partial charge in [-0.1, -0.05) is 84.9 Å². The van der Waals surface area contributed by atoms with E-state index in [1.54, 1.807) is 66.7 Å². The lowest BCUT2D eigenvalue weighted by Gasteiger charge is -2.32. The van der Waals surface area contributed by atoms with Crippen LogP contribution in [0.4, 0.5) is 0 Å². The molecule has 0 amide bonds. The summed E-state index contributed by atoms with van der Waals surface area (Å²) in [4.78, 5) is 26.8. The lowest BCUT2D eigenvalue weighted by molar-refractivity contribution is 0.0952. The van der Waals surface area contributed by atoms with E-state index in [2.05, 4.69) is 0 Å². The number of aliphatic hydroxyl groups is 1. The lowest BCUT2D eigenvalue weighted by atomic mass is 9.83. The lowest BCUT2D eigenvalue weighted by Crippen LogP contribution is -2.47. The van der Waals surface area contributed by atoms with Gasteiger partial charge in [0.1, 0.15) is 5.76 Å². The van der Waals surface area contributed by atoms with Crippen LogP contribution in [-0.4, -0.2) is 29.8 Å². The molecule has 6 heteroatoms. The molecular formula is C26H20O5S. The van der Waals surface area contributed by atoms with Crippen molar-refractivity contribution in [2.24, 2.45) is 0 Å². The minimum Gasteiger partial charge on any atom is -0.508 e. The Morgan fingerprint density at radius 2 is 1.25 bits per heavy atom. The summed E-state index contributed by atoms with van der Waals surface area (Å²) in [5.41, 5.74) is 0.370. The molecule has 1 unspecified atom stereocenters. The highest BCUT2D eigenvalue weighted by molar-refractivity contribution is 7.94. The topological polar surface area (TPSA) is 88.5 Å². The molecule has 0 bridgehead atoms. The Labute approximate surface area is 186 Å². The summed E-state index contributed by atoms with van der Waals surface area (Å²) < 4.78 is 25.6. The highest BCUT2D eigenvalue weighted by Gasteiger charge is 2.52. The van der Waals surface area contributed by atoms with Crippen molar-refractivity contribution in [2.45, 2.75) is 16.1 Å². The maximum absolute atomic E-state index is 13.8. The van der Waals surface area contributed by atoms with Crippen molar-refractivity contribution in [2.75, 3.05) is 0 Å². The highest BCUT2D eigenvalue weighted by Crippen LogP contribution is 2.40. The van der Waals surface area contributed by atoms with Gasteiger partial charge in [0.15, 0.2) is 26.2 Å². The summed E-state index contributed by atoms with van der Waals surface area (Å²) in [6.07, 6.45) is 1.86. The van der Waals surface area contributed by atoms with Crippen molar-refractivity contribution < 1.29 is 23.1 Å². The summed E-state index contributed by atoms with van der Waals surface area (Å²) in [6.45, 7) is 0. The van der Waals surface area contributed by atoms with Crippen LogP contribution in [0, 0.1) is 0 Å². The fourth-order valence-corrected chi connectivity index (χ4v) is 5.67. The molecule has 0 aromatic heterocycles. The number of allylic oxidation sites excluding steroid dienone is 2. The molecule has 0 saturated heterocycles. The van der Waals surface area contributed by atoms with Crippen LogP contribution >= 0.6 is 0 Å². The van der Waals surface area contributed by atoms with E-state index >= 15 is 0 Å². The number of rotatable bonds is 6. The average molecular weight is 445 g/mol. The maximum atomic E-state index is 13.8. The number of aliphatic hydroxyl groups excluding tert-OH is 1. The molecule has 1 atom stereocenters. The zero-order chi connectivity index (χ0) is 22.8. The Bertz CT molecular complexity index is 1320. The van der Waals surface area contributed by atoms with Crippen molar-refractivity contribution in [1.29, 1.82) is 0 Å². The molecule has 3 aromatic carbocycles. The summed E-state index contributed by atoms with van der Waals surface area (Å²) in [5.74, 6) is -1.54. The highest BCUT2D eigenvalue weighted by atomic mass is 32.2. The SMILES string of the molecule is O=C(C1=C(O)C=CC(C(=O)c2ccccc2)(S(=O)(=O)c2ccccc2)C1)c1ccccc1. The van der Waals surface area contributed by atoms with E-state index in [1.807, 2.05) is 0 Å². The maximum Gasteiger partial charge on any atom is 0.195 e. The van der Waals surface area contributed by atoms with Crippen molar-refractivity contribution in [3.8, 4) is 0 Å². The first kappa shape index (κ1) is 21.5. The van der Waals surface area contributed by atoms with Gasteiger partial charge in [-0.25, -0.2) is 8.42 Å². The third kappa shape index (κ3) is 3.59. The number of carbonyl (C=O) groups excluding carboxylic acids is 2. The van der Waals surface area contributed by atoms with Gasteiger partial charge < -0.3 is 5.11 Å². The average Bonchev–Trinajstić information content (AvgIpc) is 2.85. The smallest absolute Gasteiger partial charge is 0.195 e. The monoisotopic (exact) mass is 444 g/mol. The Balaban J connectivity index is 1.89. The Morgan fingerprint density at radius 1 is 0.750 bits per heavy atom. The molecule has 0 radical (unpaired) electrons. The van der Waals surface area contributed by atoms with E-state index < -0.39 is 32.6 Å². The largest absolute Gasteiger partial charge is 0.508 e. The van der Waals surface area contributed by atoms with Gasteiger partial charge in [0.25, 0.3) is 0 Å². The zero-order valence-electron chi connectivity index (χ0n) is 17.0. The van der Waals surface area contributed by atoms with Gasteiger partial charge in [-0.05, 0) is 18.2 Å². The van der Waals surface area contributed by atoms with E-state index in [9.17, 15) is 23.1 Å². The molecule has 1 aliphatic rings. The van der Waals surface area contributed by atoms with Gasteiger partial charge in [-0.15, -0.1) is 0 Å². The standard InChI is InChI=1S/C26H20O5S/c27-23-16-17-26(25(29)20-12-6-2-7-13-20,32(30,31)21-14-8-3-9-15-21)18-22(23)24(28)19-10-4-1-5-11-19/h1-17,27H,18H2. The predicted molar refractivity (Wildman–Crippen MR) is 121 cm³/mol. The van der Waals surface area contributed by atoms with Gasteiger partial charge in [0.05, 0.1) is 4.90 Å². The van der Waals surface area contributed by atoms with Gasteiger partial charge in [0, 0.05) is 23.1 Å². The first-order valence-electron chi connectivity index (χ1n) is 9.97. The molecule has 5 nitrogen and oxygen atoms in total. The van der Waals surface area contributed by atoms with Crippen molar-refractivity contribution in [3.05, 3.63) is 126 Å². The van der Waals surface area contributed by atoms with Gasteiger partial charge in [-0.3, -0.25) is 9.59 Å². The molecule has 160 valence electrons. The van der Waals surface area contributed by atoms with E-state index in [1.165, 1.54) is 30.3 Å². The quantitative estimate of drug-likeness (QED) is 0.555. The second-order valence-electron chi connectivity index (χ2n) is 7.47. The van der Waals surface area contributed by atoms with Crippen LogP contribution in [0.1, 0.15) is 27.1 Å². The van der Waals surface area contributed by atoms with Crippen LogP contribution in [0.15, 0.2) is 119 Å². The van der Waals surface area contributed by atoms with Gasteiger partial charge >= 0.3 is 0 Å². The number of Topliss-reactive ketones (excluding diaryl/α,β-unsaturated/α-hetero) is 2. The molecule has 3 aromatic rings. The van der Waals surface area contributed by atoms with E-state index in [0.29, 0.717) is 5.56 Å². The van der Waals surface area contributed by atoms with Crippen molar-refractivity contribution in [1.82, 2.24) is 0 Å². The number of hydrogen-bond acceptors (Lipinski definition) is 5. The minimum atomic E-state index is -4.28. The Kier molecular flexibility index (Phi) is 5.63. The number of carbonyl (C=O) groups is 2. The summed E-state index contributed by atoms with van der Waals surface area (Å²) in [6, 6.07) is 24.0. The van der Waals surface area contributed by atoms with Gasteiger partial charge in [-0.2, -0.15) is 0 Å². The number of benzene rings is 3. The van der Waals surface area contributed by atoms with E-state index in [-0.39, 0.29) is 21.8 Å². The molecule has 1 aliphatic carbocycles. The Hall–Kier alpha value is -3.77. The zero-order valence-corrected chi connectivity index (χ0v) is 17.8. The Morgan fingerprint density at radius 3 is 1.81 bits per heavy atom. The van der Waals surface area contributed by atoms with Crippen molar-refractivity contribution >= 4 is 21.4 Å². The van der Waals surface area contributed by atoms with Crippen LogP contribution < -0.4 is 0 Å². The second kappa shape index (κ2) is 8.40. The first-order chi connectivity index (χ1) is 15.4. The third-order valence-corrected chi connectivity index (χ3v) is 7.84. The van der Waals surface area contributed by atoms with Crippen molar-refractivity contribution in [3.63, 3.8) is 0 Å². The number of hydrogen-bond donors (Lipinski definition) is 1. The normalized spacial score (nSPS) is 18.4. The molecular weight excluding hydrogens is 424 g/mol. The molecule has 4 rings (SSSR count). The minimum absolute atomic E-state index is 0.0400. The molecule has 0 heterocycles. The number of ketones is 2. The van der Waals surface area contributed by atoms with Crippen LogP contribution in [-0.2, 0) is 9.84 Å². The molecule has 1 N–H and O–H groups in total. The summed E-state index contributed by atoms with van der Waals surface area (Å²) >= 11 is 0. The van der Waals surface area contributed by atoms with Gasteiger partial charge in [0.2, 0.25) is 0 Å². The summed E-state index contributed by atoms with van der Waals surface area (Å²) in [7, 11) is -4.28.